The van der Waals surface area contributed by atoms with E-state index < -0.39 is 82.7 Å². The minimum Gasteiger partial charge on any atom is -0.480 e. The number of carboxylic acids is 1. The molecule has 50 heavy (non-hydrogen) atoms. The smallest absolute Gasteiger partial charge is 0.326 e. The Hall–Kier alpha value is -3.87. The van der Waals surface area contributed by atoms with Crippen LogP contribution >= 0.6 is 31.9 Å². The van der Waals surface area contributed by atoms with Crippen LogP contribution in [0.2, 0.25) is 0 Å². The number of hydrogen-bond donors (Lipinski definition) is 6. The molecular formula is C31H44Br2F2N6O9. The number of amides is 6. The van der Waals surface area contributed by atoms with Gasteiger partial charge in [0.1, 0.15) is 29.3 Å². The third kappa shape index (κ3) is 15.3. The minimum absolute atomic E-state index is 0.0252. The maximum atomic E-state index is 14.9. The normalized spacial score (nSPS) is 12.3. The van der Waals surface area contributed by atoms with Gasteiger partial charge in [-0.3, -0.25) is 24.0 Å². The number of carboxylic acid groups (broad SMARTS) is 1. The molecule has 1 unspecified atom stereocenters. The van der Waals surface area contributed by atoms with Gasteiger partial charge in [-0.15, -0.1) is 0 Å². The van der Waals surface area contributed by atoms with Crippen LogP contribution in [0.15, 0.2) is 12.1 Å². The minimum atomic E-state index is -1.37. The van der Waals surface area contributed by atoms with E-state index >= 15 is 0 Å². The Bertz CT molecular complexity index is 1400. The van der Waals surface area contributed by atoms with Crippen LogP contribution < -0.4 is 27.0 Å². The topological polar surface area (TPSA) is 226 Å². The summed E-state index contributed by atoms with van der Waals surface area (Å²) in [6.07, 6.45) is 1.60. The number of urea groups is 1. The van der Waals surface area contributed by atoms with Crippen molar-refractivity contribution in [2.24, 2.45) is 11.7 Å². The van der Waals surface area contributed by atoms with E-state index in [1.807, 2.05) is 0 Å². The SMILES string of the molecule is C[C@@H](C(=O)O)N(C)C(=O)c1cc(F)c(NC(=O)C(CCCNC(N)=O)NC(=O)CNC(=O)CCCCC(C)(C)OC(=O)C(CBr)CBr)cc1F. The van der Waals surface area contributed by atoms with Crippen molar-refractivity contribution in [1.82, 2.24) is 20.9 Å². The summed E-state index contributed by atoms with van der Waals surface area (Å²) < 4.78 is 35.3. The highest BCUT2D eigenvalue weighted by atomic mass is 79.9. The first kappa shape index (κ1) is 44.2. The Labute approximate surface area is 305 Å². The van der Waals surface area contributed by atoms with E-state index in [9.17, 15) is 42.3 Å². The van der Waals surface area contributed by atoms with Crippen LogP contribution in [0.1, 0.15) is 69.7 Å². The van der Waals surface area contributed by atoms with Gasteiger partial charge < -0.3 is 41.7 Å². The van der Waals surface area contributed by atoms with Gasteiger partial charge in [-0.05, 0) is 58.9 Å². The Morgan fingerprint density at radius 3 is 2.20 bits per heavy atom. The number of likely N-dealkylation sites (N-methyl/N-ethyl adjacent to an activating group) is 1. The molecule has 0 aromatic heterocycles. The molecule has 0 bridgehead atoms. The van der Waals surface area contributed by atoms with Crippen LogP contribution in [0.3, 0.4) is 0 Å². The lowest BCUT2D eigenvalue weighted by Crippen LogP contribution is -2.47. The molecule has 15 nitrogen and oxygen atoms in total. The van der Waals surface area contributed by atoms with E-state index in [1.54, 1.807) is 13.8 Å². The van der Waals surface area contributed by atoms with Gasteiger partial charge in [0, 0.05) is 36.7 Å². The van der Waals surface area contributed by atoms with E-state index in [2.05, 4.69) is 53.1 Å². The maximum absolute atomic E-state index is 14.9. The first-order valence-electron chi connectivity index (χ1n) is 15.6. The number of anilines is 1. The van der Waals surface area contributed by atoms with Crippen molar-refractivity contribution in [2.75, 3.05) is 36.1 Å². The fourth-order valence-electron chi connectivity index (χ4n) is 4.27. The molecule has 1 aromatic carbocycles. The van der Waals surface area contributed by atoms with Crippen LogP contribution in [-0.2, 0) is 28.7 Å². The van der Waals surface area contributed by atoms with Gasteiger partial charge in [-0.1, -0.05) is 31.9 Å². The van der Waals surface area contributed by atoms with Crippen LogP contribution in [0, 0.1) is 17.6 Å². The third-order valence-corrected chi connectivity index (χ3v) is 8.95. The summed E-state index contributed by atoms with van der Waals surface area (Å²) in [6.45, 7) is 4.25. The molecule has 0 fully saturated rings. The van der Waals surface area contributed by atoms with Gasteiger partial charge in [-0.2, -0.15) is 0 Å². The summed E-state index contributed by atoms with van der Waals surface area (Å²) in [6, 6.07) is -2.44. The number of rotatable bonds is 21. The predicted molar refractivity (Wildman–Crippen MR) is 186 cm³/mol. The third-order valence-electron chi connectivity index (χ3n) is 7.39. The molecule has 2 atom stereocenters. The largest absolute Gasteiger partial charge is 0.480 e. The van der Waals surface area contributed by atoms with Crippen molar-refractivity contribution in [3.63, 3.8) is 0 Å². The van der Waals surface area contributed by atoms with Crippen molar-refractivity contribution in [2.45, 2.75) is 77.0 Å². The molecular weight excluding hydrogens is 798 g/mol. The number of unbranched alkanes of at least 4 members (excludes halogenated alkanes) is 1. The molecule has 0 saturated heterocycles. The summed E-state index contributed by atoms with van der Waals surface area (Å²) in [5.41, 5.74) is 2.87. The van der Waals surface area contributed by atoms with Gasteiger partial charge in [0.2, 0.25) is 17.7 Å². The standard InChI is InChI=1S/C31H44Br2F2N6O9/c1-17(28(46)47)41(4)27(45)19-12-21(35)23(13-20(19)34)40-26(44)22(8-7-11-37-30(36)49)39-25(43)16-38-24(42)9-5-6-10-31(2,3)50-29(48)18(14-32)15-33/h12-13,17-18,22H,5-11,14-16H2,1-4H3,(H,38,42)(H,39,43)(H,40,44)(H,46,47)(H3,36,37,49)/t17-,22?/m0/s1. The zero-order valence-corrected chi connectivity index (χ0v) is 31.4. The van der Waals surface area contributed by atoms with Crippen LogP contribution in [-0.4, -0.2) is 100 Å². The number of primary amides is 1. The van der Waals surface area contributed by atoms with Crippen LogP contribution in [0.5, 0.6) is 0 Å². The molecule has 19 heteroatoms. The van der Waals surface area contributed by atoms with Crippen molar-refractivity contribution < 1.29 is 52.2 Å². The number of aliphatic carboxylic acids is 1. The van der Waals surface area contributed by atoms with Gasteiger partial charge in [-0.25, -0.2) is 18.4 Å². The number of carbonyl (C=O) groups excluding carboxylic acids is 6. The lowest BCUT2D eigenvalue weighted by atomic mass is 10.00. The van der Waals surface area contributed by atoms with Gasteiger partial charge in [0.15, 0.2) is 0 Å². The number of esters is 1. The molecule has 6 amide bonds. The summed E-state index contributed by atoms with van der Waals surface area (Å²) in [4.78, 5) is 85.8. The zero-order valence-electron chi connectivity index (χ0n) is 28.2. The first-order valence-corrected chi connectivity index (χ1v) is 17.8. The lowest BCUT2D eigenvalue weighted by Gasteiger charge is -2.27. The number of ether oxygens (including phenoxy) is 1. The molecule has 0 radical (unpaired) electrons. The molecule has 280 valence electrons. The van der Waals surface area contributed by atoms with E-state index in [0.29, 0.717) is 47.0 Å². The fourth-order valence-corrected chi connectivity index (χ4v) is 5.87. The molecule has 1 rings (SSSR count). The number of nitrogens with two attached hydrogens (primary N) is 1. The maximum Gasteiger partial charge on any atom is 0.326 e. The Morgan fingerprint density at radius 1 is 0.980 bits per heavy atom. The fraction of sp³-hybridized carbons (Fsp3) is 0.581. The van der Waals surface area contributed by atoms with E-state index in [0.717, 1.165) is 7.05 Å². The molecule has 0 aliphatic carbocycles. The second kappa shape index (κ2) is 21.4. The Balaban J connectivity index is 2.82. The predicted octanol–water partition coefficient (Wildman–Crippen LogP) is 2.79. The number of halogens is 4. The van der Waals surface area contributed by atoms with E-state index in [-0.39, 0.29) is 37.7 Å². The highest BCUT2D eigenvalue weighted by Gasteiger charge is 2.29. The van der Waals surface area contributed by atoms with Crippen LogP contribution in [0.25, 0.3) is 0 Å². The van der Waals surface area contributed by atoms with Gasteiger partial charge in [0.25, 0.3) is 5.91 Å². The molecule has 0 aliphatic rings. The van der Waals surface area contributed by atoms with Crippen LogP contribution in [0.4, 0.5) is 19.3 Å². The van der Waals surface area contributed by atoms with Crippen molar-refractivity contribution in [3.8, 4) is 0 Å². The summed E-state index contributed by atoms with van der Waals surface area (Å²) in [7, 11) is 1.10. The summed E-state index contributed by atoms with van der Waals surface area (Å²) in [5.74, 6) is -7.80. The highest BCUT2D eigenvalue weighted by Crippen LogP contribution is 2.23. The zero-order chi connectivity index (χ0) is 38.2. The molecule has 0 aliphatic heterocycles. The number of hydrogen-bond acceptors (Lipinski definition) is 8. The highest BCUT2D eigenvalue weighted by molar-refractivity contribution is 9.09. The van der Waals surface area contributed by atoms with E-state index in [1.165, 1.54) is 6.92 Å². The van der Waals surface area contributed by atoms with Gasteiger partial charge in [0.05, 0.1) is 23.7 Å². The average Bonchev–Trinajstić information content (AvgIpc) is 3.04. The number of alkyl halides is 2. The van der Waals surface area contributed by atoms with Crippen molar-refractivity contribution in [1.29, 1.82) is 0 Å². The summed E-state index contributed by atoms with van der Waals surface area (Å²) in [5, 5.41) is 19.3. The second-order valence-electron chi connectivity index (χ2n) is 12.0. The molecule has 7 N–H and O–H groups in total. The molecule has 0 saturated carbocycles. The molecule has 0 spiro atoms. The van der Waals surface area contributed by atoms with Gasteiger partial charge >= 0.3 is 18.0 Å². The molecule has 0 heterocycles. The number of nitrogens with zero attached hydrogens (tertiary/aromatic N) is 1. The summed E-state index contributed by atoms with van der Waals surface area (Å²) >= 11 is 6.54. The Morgan fingerprint density at radius 2 is 1.62 bits per heavy atom. The number of nitrogens with one attached hydrogen (secondary N) is 4. The number of carbonyl (C=O) groups is 7. The Kier molecular flexibility index (Phi) is 18.9. The molecule has 1 aromatic rings. The monoisotopic (exact) mass is 840 g/mol. The number of benzene rings is 1. The second-order valence-corrected chi connectivity index (χ2v) is 13.2. The van der Waals surface area contributed by atoms with Crippen molar-refractivity contribution in [3.05, 3.63) is 29.3 Å². The van der Waals surface area contributed by atoms with E-state index in [4.69, 9.17) is 15.6 Å². The first-order chi connectivity index (χ1) is 23.3. The quantitative estimate of drug-likeness (QED) is 0.0607. The van der Waals surface area contributed by atoms with Crippen molar-refractivity contribution >= 4 is 79.1 Å². The average molecular weight is 843 g/mol. The lowest BCUT2D eigenvalue weighted by molar-refractivity contribution is -0.160.